The zero-order valence-corrected chi connectivity index (χ0v) is 18.1. The summed E-state index contributed by atoms with van der Waals surface area (Å²) in [6.45, 7) is 0. The molecule has 0 saturated heterocycles. The van der Waals surface area contributed by atoms with Gasteiger partial charge in [-0.25, -0.2) is 9.97 Å². The molecule has 0 fully saturated rings. The number of non-ortho nitro benzene ring substituents is 2. The van der Waals surface area contributed by atoms with Gasteiger partial charge in [0.15, 0.2) is 22.5 Å². The van der Waals surface area contributed by atoms with Crippen LogP contribution < -0.4 is 0 Å². The van der Waals surface area contributed by atoms with Gasteiger partial charge in [-0.05, 0) is 0 Å². The van der Waals surface area contributed by atoms with Gasteiger partial charge in [0.2, 0.25) is 0 Å². The van der Waals surface area contributed by atoms with E-state index in [0.717, 1.165) is 0 Å². The van der Waals surface area contributed by atoms with Crippen molar-refractivity contribution in [2.75, 3.05) is 0 Å². The molecule has 198 valence electrons. The molecule has 0 amide bonds. The van der Waals surface area contributed by atoms with Crippen LogP contribution in [-0.4, -0.2) is 44.4 Å². The van der Waals surface area contributed by atoms with E-state index in [0.29, 0.717) is 6.33 Å². The Labute approximate surface area is 209 Å². The predicted molar refractivity (Wildman–Crippen MR) is 119 cm³/mol. The van der Waals surface area contributed by atoms with Crippen molar-refractivity contribution in [3.8, 4) is 22.5 Å². The third kappa shape index (κ3) is 4.75. The number of hydrogen-bond donors (Lipinski definition) is 0. The van der Waals surface area contributed by atoms with Gasteiger partial charge in [-0.15, -0.1) is 0 Å². The molecule has 39 heavy (non-hydrogen) atoms. The number of aromatic nitrogens is 2. The van der Waals surface area contributed by atoms with Crippen LogP contribution in [0.1, 0.15) is 0 Å². The molecule has 0 aliphatic carbocycles. The topological polar surface area (TPSA) is 328 Å². The van der Waals surface area contributed by atoms with E-state index in [2.05, 4.69) is 9.97 Å². The number of nitrogens with zero attached hydrogens (tertiary/aromatic N) is 9. The molecule has 0 unspecified atom stereocenters. The first-order valence-electron chi connectivity index (χ1n) is 9.39. The fraction of sp³-hybridized carbons (Fsp3) is 0. The van der Waals surface area contributed by atoms with Crippen molar-refractivity contribution in [1.29, 1.82) is 0 Å². The standard InChI is InChI=1S/C16H5N9O14/c26-19(27)6-1-8(21(30)31)12(9(2-6)22(32)33)14-16(25(38)39)15(18-5-17-14)13-10(23(34)35)3-7(20(28)29)4-11(13)24(36)37/h1-5H. The molecule has 23 heteroatoms. The lowest BCUT2D eigenvalue weighted by Gasteiger charge is -2.09. The van der Waals surface area contributed by atoms with Gasteiger partial charge in [-0.2, -0.15) is 0 Å². The van der Waals surface area contributed by atoms with E-state index in [1.807, 2.05) is 0 Å². The Morgan fingerprint density at radius 1 is 0.436 bits per heavy atom. The fourth-order valence-corrected chi connectivity index (χ4v) is 3.38. The van der Waals surface area contributed by atoms with Gasteiger partial charge in [-0.1, -0.05) is 0 Å². The molecule has 1 heterocycles. The van der Waals surface area contributed by atoms with Crippen LogP contribution in [0.25, 0.3) is 22.5 Å². The summed E-state index contributed by atoms with van der Waals surface area (Å²) in [6.07, 6.45) is 0.362. The Kier molecular flexibility index (Phi) is 6.73. The highest BCUT2D eigenvalue weighted by Gasteiger charge is 2.42. The number of benzene rings is 2. The summed E-state index contributed by atoms with van der Waals surface area (Å²) >= 11 is 0. The molecule has 0 atom stereocenters. The first-order chi connectivity index (χ1) is 18.2. The lowest BCUT2D eigenvalue weighted by molar-refractivity contribution is -0.402. The minimum Gasteiger partial charge on any atom is -0.258 e. The highest BCUT2D eigenvalue weighted by atomic mass is 16.7. The molecule has 0 saturated carbocycles. The van der Waals surface area contributed by atoms with E-state index in [1.165, 1.54) is 0 Å². The van der Waals surface area contributed by atoms with Gasteiger partial charge < -0.3 is 0 Å². The third-order valence-electron chi connectivity index (χ3n) is 4.85. The summed E-state index contributed by atoms with van der Waals surface area (Å²) in [5, 5.41) is 81.1. The number of hydrogen-bond acceptors (Lipinski definition) is 16. The monoisotopic (exact) mass is 547 g/mol. The first-order valence-corrected chi connectivity index (χ1v) is 9.39. The van der Waals surface area contributed by atoms with Crippen molar-refractivity contribution in [2.24, 2.45) is 0 Å². The minimum atomic E-state index is -1.56. The van der Waals surface area contributed by atoms with Crippen molar-refractivity contribution in [1.82, 2.24) is 9.97 Å². The molecule has 0 N–H and O–H groups in total. The van der Waals surface area contributed by atoms with E-state index < -0.39 is 96.8 Å². The van der Waals surface area contributed by atoms with Gasteiger partial charge in [0.05, 0.1) is 58.7 Å². The van der Waals surface area contributed by atoms with Crippen LogP contribution in [-0.2, 0) is 0 Å². The van der Waals surface area contributed by atoms with E-state index in [4.69, 9.17) is 0 Å². The van der Waals surface area contributed by atoms with Gasteiger partial charge in [0.1, 0.15) is 6.33 Å². The summed E-state index contributed by atoms with van der Waals surface area (Å²) in [7, 11) is 0. The molecule has 2 aromatic carbocycles. The quantitative estimate of drug-likeness (QED) is 0.274. The number of nitro benzene ring substituents is 6. The third-order valence-corrected chi connectivity index (χ3v) is 4.85. The molecule has 3 aromatic rings. The maximum absolute atomic E-state index is 12.1. The Morgan fingerprint density at radius 2 is 0.718 bits per heavy atom. The molecule has 1 aromatic heterocycles. The zero-order chi connectivity index (χ0) is 29.3. The minimum absolute atomic E-state index is 0.227. The van der Waals surface area contributed by atoms with Crippen LogP contribution in [0.2, 0.25) is 0 Å². The number of rotatable bonds is 9. The predicted octanol–water partition coefficient (Wildman–Crippen LogP) is 3.17. The molecule has 0 aliphatic heterocycles. The van der Waals surface area contributed by atoms with E-state index in [1.54, 1.807) is 0 Å². The van der Waals surface area contributed by atoms with Crippen LogP contribution in [0.5, 0.6) is 0 Å². The Bertz CT molecular complexity index is 1490. The molecule has 0 aliphatic rings. The fourth-order valence-electron chi connectivity index (χ4n) is 3.38. The second-order valence-electron chi connectivity index (χ2n) is 6.94. The van der Waals surface area contributed by atoms with E-state index >= 15 is 0 Å². The zero-order valence-electron chi connectivity index (χ0n) is 18.1. The van der Waals surface area contributed by atoms with Gasteiger partial charge >= 0.3 is 5.69 Å². The Morgan fingerprint density at radius 3 is 0.923 bits per heavy atom. The second-order valence-corrected chi connectivity index (χ2v) is 6.94. The van der Waals surface area contributed by atoms with Crippen LogP contribution in [0.4, 0.5) is 39.8 Å². The largest absolute Gasteiger partial charge is 0.322 e. The molecule has 0 bridgehead atoms. The van der Waals surface area contributed by atoms with Crippen molar-refractivity contribution in [3.05, 3.63) is 101 Å². The molecule has 23 nitrogen and oxygen atoms in total. The summed E-state index contributed by atoms with van der Waals surface area (Å²) in [5.41, 5.74) is -14.6. The number of nitro groups is 7. The maximum atomic E-state index is 12.1. The van der Waals surface area contributed by atoms with Crippen molar-refractivity contribution >= 4 is 39.8 Å². The summed E-state index contributed by atoms with van der Waals surface area (Å²) < 4.78 is 0. The summed E-state index contributed by atoms with van der Waals surface area (Å²) in [5.74, 6) is 0. The smallest absolute Gasteiger partial charge is 0.258 e. The van der Waals surface area contributed by atoms with Crippen LogP contribution >= 0.6 is 0 Å². The van der Waals surface area contributed by atoms with Crippen LogP contribution in [0.3, 0.4) is 0 Å². The molecule has 0 spiro atoms. The SMILES string of the molecule is O=[N+]([O-])c1cc([N+](=O)[O-])c(-c2ncnc(-c3c([N+](=O)[O-])cc([N+](=O)[O-])cc3[N+](=O)[O-])c2[N+](=O)[O-])c([N+](=O)[O-])c1. The Hall–Kier alpha value is -6.68. The van der Waals surface area contributed by atoms with Crippen molar-refractivity contribution < 1.29 is 34.5 Å². The van der Waals surface area contributed by atoms with Gasteiger partial charge in [0, 0.05) is 0 Å². The lowest BCUT2D eigenvalue weighted by atomic mass is 9.99. The average Bonchev–Trinajstić information content (AvgIpc) is 2.86. The average molecular weight is 547 g/mol. The molecular formula is C16H5N9O14. The van der Waals surface area contributed by atoms with E-state index in [-0.39, 0.29) is 24.3 Å². The highest BCUT2D eigenvalue weighted by Crippen LogP contribution is 2.49. The van der Waals surface area contributed by atoms with Crippen molar-refractivity contribution in [2.45, 2.75) is 0 Å². The summed E-state index contributed by atoms with van der Waals surface area (Å²) in [6, 6.07) is 0.907. The van der Waals surface area contributed by atoms with Crippen molar-refractivity contribution in [3.63, 3.8) is 0 Å². The summed E-state index contributed by atoms with van der Waals surface area (Å²) in [4.78, 5) is 78.6. The van der Waals surface area contributed by atoms with E-state index in [9.17, 15) is 70.8 Å². The van der Waals surface area contributed by atoms with Gasteiger partial charge in [0.25, 0.3) is 34.1 Å². The lowest BCUT2D eigenvalue weighted by Crippen LogP contribution is -2.07. The molecular weight excluding hydrogens is 542 g/mol. The highest BCUT2D eigenvalue weighted by molar-refractivity contribution is 5.94. The normalized spacial score (nSPS) is 10.5. The van der Waals surface area contributed by atoms with Crippen LogP contribution in [0, 0.1) is 70.8 Å². The first kappa shape index (κ1) is 26.9. The second kappa shape index (κ2) is 9.76. The molecule has 3 rings (SSSR count). The molecule has 0 radical (unpaired) electrons. The van der Waals surface area contributed by atoms with Crippen LogP contribution in [0.15, 0.2) is 30.6 Å². The van der Waals surface area contributed by atoms with Gasteiger partial charge in [-0.3, -0.25) is 70.8 Å². The Balaban J connectivity index is 2.61. The maximum Gasteiger partial charge on any atom is 0.322 e.